The van der Waals surface area contributed by atoms with Crippen LogP contribution in [0.15, 0.2) is 109 Å². The minimum Gasteiger partial charge on any atom is -0.374 e. The third kappa shape index (κ3) is 5.96. The third-order valence-corrected chi connectivity index (χ3v) is 7.81. The van der Waals surface area contributed by atoms with Crippen molar-refractivity contribution in [3.8, 4) is 22.6 Å². The number of aliphatic hydroxyl groups excluding tert-OH is 1. The van der Waals surface area contributed by atoms with E-state index >= 15 is 0 Å². The van der Waals surface area contributed by atoms with Crippen LogP contribution in [0.1, 0.15) is 18.4 Å². The molecule has 45 heavy (non-hydrogen) atoms. The van der Waals surface area contributed by atoms with Crippen LogP contribution >= 0.6 is 0 Å². The van der Waals surface area contributed by atoms with Crippen LogP contribution in [0.2, 0.25) is 0 Å². The van der Waals surface area contributed by atoms with Gasteiger partial charge in [0.25, 0.3) is 0 Å². The molecule has 3 N–H and O–H groups in total. The largest absolute Gasteiger partial charge is 0.374 e. The van der Waals surface area contributed by atoms with Gasteiger partial charge >= 0.3 is 0 Å². The van der Waals surface area contributed by atoms with Crippen LogP contribution < -0.4 is 15.5 Å². The maximum atomic E-state index is 14.1. The maximum absolute atomic E-state index is 14.1. The number of aliphatic hydroxyl groups is 1. The number of benzene rings is 3. The average Bonchev–Trinajstić information content (AvgIpc) is 3.66. The van der Waals surface area contributed by atoms with E-state index in [9.17, 15) is 14.3 Å². The number of carbonyl (C=O) groups excluding carboxylic acids is 1. The van der Waals surface area contributed by atoms with E-state index in [0.29, 0.717) is 28.6 Å². The highest BCUT2D eigenvalue weighted by Gasteiger charge is 2.23. The number of hydrogen-bond acceptors (Lipinski definition) is 7. The second kappa shape index (κ2) is 12.2. The highest BCUT2D eigenvalue weighted by Crippen LogP contribution is 2.34. The second-order valence-corrected chi connectivity index (χ2v) is 10.9. The van der Waals surface area contributed by atoms with E-state index in [2.05, 4.69) is 15.6 Å². The number of amides is 1. The summed E-state index contributed by atoms with van der Waals surface area (Å²) in [5.41, 5.74) is 6.27. The molecule has 6 aromatic rings. The minimum absolute atomic E-state index is 0.0747. The smallest absolute Gasteiger partial charge is 0.228 e. The lowest BCUT2D eigenvalue weighted by Crippen LogP contribution is -2.28. The molecule has 1 saturated heterocycles. The minimum atomic E-state index is -0.480. The topological polar surface area (TPSA) is 108 Å². The van der Waals surface area contributed by atoms with E-state index in [1.807, 2.05) is 82.2 Å². The number of carbonyl (C=O) groups is 1. The molecule has 1 fully saturated rings. The Kier molecular flexibility index (Phi) is 7.62. The van der Waals surface area contributed by atoms with E-state index in [1.54, 1.807) is 30.5 Å². The molecule has 224 valence electrons. The van der Waals surface area contributed by atoms with Crippen molar-refractivity contribution in [1.82, 2.24) is 19.4 Å². The van der Waals surface area contributed by atoms with E-state index in [-0.39, 0.29) is 12.3 Å². The first-order valence-corrected chi connectivity index (χ1v) is 14.8. The second-order valence-electron chi connectivity index (χ2n) is 10.9. The van der Waals surface area contributed by atoms with Gasteiger partial charge in [-0.1, -0.05) is 42.5 Å². The Morgan fingerprint density at radius 1 is 0.933 bits per heavy atom. The Morgan fingerprint density at radius 3 is 2.64 bits per heavy atom. The fraction of sp³-hybridized carbons (Fsp3) is 0.143. The standard InChI is InChI=1S/C35H30FN7O2/c36-28-13-2-1-8-23(28)21-31(44)38-25-10-5-9-24(20-25)33-34(43-18-4-3-14-30(43)41-33)29-16-17-37-35(40-29)39-26-11-6-12-27(22-26)42-19-7-15-32(42)45/h1-6,8-14,16-18,20,22,32,45H,7,15,19,21H2,(H,38,44)(H,37,39,40). The molecule has 4 heterocycles. The molecular formula is C35H30FN7O2. The van der Waals surface area contributed by atoms with Crippen LogP contribution in [-0.2, 0) is 11.2 Å². The highest BCUT2D eigenvalue weighted by atomic mass is 19.1. The van der Waals surface area contributed by atoms with Gasteiger partial charge in [0.1, 0.15) is 17.7 Å². The fourth-order valence-electron chi connectivity index (χ4n) is 5.70. The Balaban J connectivity index is 1.19. The molecule has 3 aromatic carbocycles. The number of fused-ring (bicyclic) bond motifs is 1. The van der Waals surface area contributed by atoms with Crippen molar-refractivity contribution in [3.63, 3.8) is 0 Å². The predicted molar refractivity (Wildman–Crippen MR) is 173 cm³/mol. The van der Waals surface area contributed by atoms with Crippen LogP contribution in [0.3, 0.4) is 0 Å². The first-order valence-electron chi connectivity index (χ1n) is 14.8. The highest BCUT2D eigenvalue weighted by molar-refractivity contribution is 5.93. The molecule has 1 aliphatic rings. The molecule has 10 heteroatoms. The van der Waals surface area contributed by atoms with Crippen LogP contribution in [0, 0.1) is 5.82 Å². The Morgan fingerprint density at radius 2 is 1.78 bits per heavy atom. The van der Waals surface area contributed by atoms with Crippen molar-refractivity contribution in [2.45, 2.75) is 25.5 Å². The number of halogens is 1. The average molecular weight is 600 g/mol. The zero-order chi connectivity index (χ0) is 30.8. The monoisotopic (exact) mass is 599 g/mol. The molecule has 1 unspecified atom stereocenters. The number of aromatic nitrogens is 4. The summed E-state index contributed by atoms with van der Waals surface area (Å²) >= 11 is 0. The van der Waals surface area contributed by atoms with E-state index in [4.69, 9.17) is 9.97 Å². The zero-order valence-corrected chi connectivity index (χ0v) is 24.3. The third-order valence-electron chi connectivity index (χ3n) is 7.81. The van der Waals surface area contributed by atoms with Crippen LogP contribution in [0.4, 0.5) is 27.4 Å². The van der Waals surface area contributed by atoms with Gasteiger partial charge in [-0.15, -0.1) is 0 Å². The molecule has 7 rings (SSSR count). The van der Waals surface area contributed by atoms with Crippen molar-refractivity contribution >= 4 is 34.6 Å². The Hall–Kier alpha value is -5.61. The summed E-state index contributed by atoms with van der Waals surface area (Å²) in [5, 5.41) is 16.5. The molecule has 9 nitrogen and oxygen atoms in total. The first kappa shape index (κ1) is 28.2. The number of pyridine rings is 1. The summed E-state index contributed by atoms with van der Waals surface area (Å²) in [6.07, 6.45) is 4.79. The molecule has 0 spiro atoms. The zero-order valence-electron chi connectivity index (χ0n) is 24.3. The molecule has 0 radical (unpaired) electrons. The molecular weight excluding hydrogens is 569 g/mol. The molecule has 0 saturated carbocycles. The number of nitrogens with zero attached hydrogens (tertiary/aromatic N) is 5. The normalized spacial score (nSPS) is 14.5. The molecule has 0 aliphatic carbocycles. The molecule has 0 bridgehead atoms. The summed E-state index contributed by atoms with van der Waals surface area (Å²) < 4.78 is 16.1. The number of imidazole rings is 1. The summed E-state index contributed by atoms with van der Waals surface area (Å²) in [6, 6.07) is 29.1. The number of nitrogens with one attached hydrogen (secondary N) is 2. The Bertz CT molecular complexity index is 2010. The predicted octanol–water partition coefficient (Wildman–Crippen LogP) is 6.44. The SMILES string of the molecule is O=C(Cc1ccccc1F)Nc1cccc(-c2nc3ccccn3c2-c2ccnc(Nc3cccc(N4CCCC4O)c3)n2)c1. The quantitative estimate of drug-likeness (QED) is 0.185. The van der Waals surface area contributed by atoms with Gasteiger partial charge in [0.15, 0.2) is 0 Å². The molecule has 1 amide bonds. The van der Waals surface area contributed by atoms with Crippen molar-refractivity contribution < 1.29 is 14.3 Å². The van der Waals surface area contributed by atoms with Crippen LogP contribution in [0.25, 0.3) is 28.3 Å². The van der Waals surface area contributed by atoms with Crippen molar-refractivity contribution in [2.24, 2.45) is 0 Å². The lowest BCUT2D eigenvalue weighted by Gasteiger charge is -2.23. The first-order chi connectivity index (χ1) is 22.0. The summed E-state index contributed by atoms with van der Waals surface area (Å²) in [6.45, 7) is 0.810. The van der Waals surface area contributed by atoms with Crippen LogP contribution in [0.5, 0.6) is 0 Å². The van der Waals surface area contributed by atoms with Gasteiger partial charge < -0.3 is 20.6 Å². The lowest BCUT2D eigenvalue weighted by atomic mass is 10.1. The Labute approximate surface area is 259 Å². The number of anilines is 4. The van der Waals surface area contributed by atoms with Gasteiger partial charge in [-0.05, 0) is 73.0 Å². The molecule has 1 aliphatic heterocycles. The summed E-state index contributed by atoms with van der Waals surface area (Å²) in [7, 11) is 0. The van der Waals surface area contributed by atoms with E-state index in [0.717, 1.165) is 47.7 Å². The molecule has 3 aromatic heterocycles. The van der Waals surface area contributed by atoms with Gasteiger partial charge in [0.2, 0.25) is 11.9 Å². The van der Waals surface area contributed by atoms with Crippen molar-refractivity contribution in [3.05, 3.63) is 121 Å². The maximum Gasteiger partial charge on any atom is 0.228 e. The van der Waals surface area contributed by atoms with Gasteiger partial charge in [-0.2, -0.15) is 0 Å². The lowest BCUT2D eigenvalue weighted by molar-refractivity contribution is -0.115. The van der Waals surface area contributed by atoms with Crippen LogP contribution in [-0.4, -0.2) is 43.1 Å². The summed E-state index contributed by atoms with van der Waals surface area (Å²) in [5.74, 6) is -0.313. The van der Waals surface area contributed by atoms with Crippen molar-refractivity contribution in [1.29, 1.82) is 0 Å². The summed E-state index contributed by atoms with van der Waals surface area (Å²) in [4.78, 5) is 29.0. The van der Waals surface area contributed by atoms with Gasteiger partial charge in [0.05, 0.1) is 23.5 Å². The molecule has 1 atom stereocenters. The van der Waals surface area contributed by atoms with E-state index < -0.39 is 12.0 Å². The van der Waals surface area contributed by atoms with Gasteiger partial charge in [0, 0.05) is 41.6 Å². The van der Waals surface area contributed by atoms with Gasteiger partial charge in [-0.3, -0.25) is 9.20 Å². The van der Waals surface area contributed by atoms with Gasteiger partial charge in [-0.25, -0.2) is 19.3 Å². The number of rotatable bonds is 8. The fourth-order valence-corrected chi connectivity index (χ4v) is 5.70. The number of hydrogen-bond donors (Lipinski definition) is 3. The van der Waals surface area contributed by atoms with E-state index in [1.165, 1.54) is 6.07 Å². The van der Waals surface area contributed by atoms with Crippen molar-refractivity contribution in [2.75, 3.05) is 22.1 Å².